The van der Waals surface area contributed by atoms with Gasteiger partial charge in [-0.05, 0) is 37.8 Å². The summed E-state index contributed by atoms with van der Waals surface area (Å²) in [6.45, 7) is 8.31. The third kappa shape index (κ3) is 3.91. The van der Waals surface area contributed by atoms with Gasteiger partial charge in [0, 0.05) is 39.3 Å². The van der Waals surface area contributed by atoms with Crippen molar-refractivity contribution in [3.8, 4) is 0 Å². The van der Waals surface area contributed by atoms with Crippen molar-refractivity contribution in [1.82, 2.24) is 18.5 Å². The van der Waals surface area contributed by atoms with Crippen LogP contribution in [-0.4, -0.2) is 66.2 Å². The minimum absolute atomic E-state index is 0.211. The number of piperazine rings is 1. The van der Waals surface area contributed by atoms with Crippen LogP contribution in [-0.2, 0) is 10.2 Å². The minimum atomic E-state index is -3.32. The molecule has 0 radical (unpaired) electrons. The summed E-state index contributed by atoms with van der Waals surface area (Å²) < 4.78 is 30.4. The Hall–Kier alpha value is -1.06. The Morgan fingerprint density at radius 1 is 1.04 bits per heavy atom. The molecule has 27 heavy (non-hydrogen) atoms. The zero-order chi connectivity index (χ0) is 19.0. The first-order valence-corrected chi connectivity index (χ1v) is 12.0. The number of hydrogen-bond donors (Lipinski definition) is 0. The summed E-state index contributed by atoms with van der Waals surface area (Å²) in [5, 5.41) is 1.11. The number of aromatic nitrogens is 1. The lowest BCUT2D eigenvalue weighted by atomic mass is 10.0. The fourth-order valence-electron chi connectivity index (χ4n) is 3.93. The average Bonchev–Trinajstić information content (AvgIpc) is 3.12. The summed E-state index contributed by atoms with van der Waals surface area (Å²) in [6.07, 6.45) is 1.93. The number of fused-ring (bicyclic) bond motifs is 1. The van der Waals surface area contributed by atoms with Crippen molar-refractivity contribution < 1.29 is 8.42 Å². The number of thiazole rings is 1. The van der Waals surface area contributed by atoms with Gasteiger partial charge in [0.15, 0.2) is 0 Å². The maximum absolute atomic E-state index is 12.9. The highest BCUT2D eigenvalue weighted by atomic mass is 32.2. The fourth-order valence-corrected chi connectivity index (χ4v) is 6.60. The summed E-state index contributed by atoms with van der Waals surface area (Å²) >= 11 is 1.74. The molecule has 2 aliphatic heterocycles. The Balaban J connectivity index is 1.39. The Labute approximate surface area is 166 Å². The minimum Gasteiger partial charge on any atom is -0.292 e. The highest BCUT2D eigenvalue weighted by Gasteiger charge is 2.35. The normalized spacial score (nSPS) is 23.0. The largest absolute Gasteiger partial charge is 0.292 e. The van der Waals surface area contributed by atoms with Gasteiger partial charge in [-0.3, -0.25) is 4.90 Å². The summed E-state index contributed by atoms with van der Waals surface area (Å²) in [4.78, 5) is 7.12. The van der Waals surface area contributed by atoms with Crippen LogP contribution in [0.4, 0.5) is 0 Å². The predicted octanol–water partition coefficient (Wildman–Crippen LogP) is 2.95. The fraction of sp³-hybridized carbons (Fsp3) is 0.632. The summed E-state index contributed by atoms with van der Waals surface area (Å²) in [5.41, 5.74) is 1.05. The zero-order valence-corrected chi connectivity index (χ0v) is 17.7. The molecule has 3 heterocycles. The first kappa shape index (κ1) is 19.3. The lowest BCUT2D eigenvalue weighted by Crippen LogP contribution is -2.54. The van der Waals surface area contributed by atoms with E-state index in [1.807, 2.05) is 18.2 Å². The topological polar surface area (TPSA) is 56.8 Å². The maximum atomic E-state index is 12.9. The lowest BCUT2D eigenvalue weighted by molar-refractivity contribution is 0.139. The van der Waals surface area contributed by atoms with Crippen LogP contribution < -0.4 is 0 Å². The summed E-state index contributed by atoms with van der Waals surface area (Å²) in [6, 6.07) is 8.42. The van der Waals surface area contributed by atoms with Crippen LogP contribution >= 0.6 is 11.3 Å². The van der Waals surface area contributed by atoms with Crippen molar-refractivity contribution >= 4 is 31.8 Å². The van der Waals surface area contributed by atoms with Crippen LogP contribution in [0, 0.1) is 5.92 Å². The molecule has 0 aliphatic carbocycles. The zero-order valence-electron chi connectivity index (χ0n) is 16.0. The van der Waals surface area contributed by atoms with Gasteiger partial charge in [-0.1, -0.05) is 19.1 Å². The number of nitrogens with zero attached hydrogens (tertiary/aromatic N) is 4. The standard InChI is InChI=1S/C19H28N4O2S2/c1-15-7-9-22(10-8-15)27(24,25)23-13-11-21(12-14-23)16(2)19-20-17-5-3-4-6-18(17)26-19/h3-6,15-16H,7-14H2,1-2H3/t16-/m0/s1. The lowest BCUT2D eigenvalue weighted by Gasteiger charge is -2.40. The van der Waals surface area contributed by atoms with E-state index in [1.54, 1.807) is 19.9 Å². The molecule has 4 rings (SSSR count). The molecule has 0 saturated carbocycles. The maximum Gasteiger partial charge on any atom is 0.282 e. The van der Waals surface area contributed by atoms with Gasteiger partial charge < -0.3 is 0 Å². The second kappa shape index (κ2) is 7.75. The molecule has 1 atom stereocenters. The molecule has 148 valence electrons. The number of rotatable bonds is 4. The molecular weight excluding hydrogens is 380 g/mol. The highest BCUT2D eigenvalue weighted by Crippen LogP contribution is 2.30. The molecule has 0 bridgehead atoms. The Morgan fingerprint density at radius 3 is 2.33 bits per heavy atom. The Kier molecular flexibility index (Phi) is 5.53. The van der Waals surface area contributed by atoms with E-state index in [0.717, 1.165) is 36.5 Å². The molecule has 0 unspecified atom stereocenters. The van der Waals surface area contributed by atoms with Crippen molar-refractivity contribution in [2.24, 2.45) is 5.92 Å². The van der Waals surface area contributed by atoms with E-state index in [2.05, 4.69) is 24.8 Å². The predicted molar refractivity (Wildman–Crippen MR) is 110 cm³/mol. The second-order valence-electron chi connectivity index (χ2n) is 7.72. The van der Waals surface area contributed by atoms with Crippen LogP contribution in [0.3, 0.4) is 0 Å². The van der Waals surface area contributed by atoms with Gasteiger partial charge in [0.1, 0.15) is 5.01 Å². The molecule has 2 aliphatic rings. The van der Waals surface area contributed by atoms with E-state index < -0.39 is 10.2 Å². The van der Waals surface area contributed by atoms with E-state index in [9.17, 15) is 8.42 Å². The molecule has 0 N–H and O–H groups in total. The van der Waals surface area contributed by atoms with Gasteiger partial charge in [0.25, 0.3) is 10.2 Å². The molecule has 0 amide bonds. The van der Waals surface area contributed by atoms with Gasteiger partial charge in [-0.2, -0.15) is 17.0 Å². The third-order valence-corrected chi connectivity index (χ3v) is 9.13. The smallest absolute Gasteiger partial charge is 0.282 e. The van der Waals surface area contributed by atoms with Crippen LogP contribution in [0.15, 0.2) is 24.3 Å². The van der Waals surface area contributed by atoms with Crippen molar-refractivity contribution in [3.63, 3.8) is 0 Å². The van der Waals surface area contributed by atoms with Crippen LogP contribution in [0.2, 0.25) is 0 Å². The van der Waals surface area contributed by atoms with Gasteiger partial charge in [-0.15, -0.1) is 11.3 Å². The molecule has 6 nitrogen and oxygen atoms in total. The monoisotopic (exact) mass is 408 g/mol. The molecule has 2 saturated heterocycles. The van der Waals surface area contributed by atoms with E-state index in [1.165, 1.54) is 4.70 Å². The Bertz CT molecular complexity index is 849. The van der Waals surface area contributed by atoms with Crippen LogP contribution in [0.1, 0.15) is 37.7 Å². The van der Waals surface area contributed by atoms with Crippen molar-refractivity contribution in [2.45, 2.75) is 32.7 Å². The SMILES string of the molecule is CC1CCN(S(=O)(=O)N2CCN([C@@H](C)c3nc4ccccc4s3)CC2)CC1. The van der Waals surface area contributed by atoms with E-state index in [-0.39, 0.29) is 6.04 Å². The molecule has 1 aromatic heterocycles. The summed E-state index contributed by atoms with van der Waals surface area (Å²) in [5.74, 6) is 0.628. The Morgan fingerprint density at radius 2 is 1.67 bits per heavy atom. The van der Waals surface area contributed by atoms with Crippen molar-refractivity contribution in [2.75, 3.05) is 39.3 Å². The molecule has 2 aromatic rings. The second-order valence-corrected chi connectivity index (χ2v) is 10.7. The number of hydrogen-bond acceptors (Lipinski definition) is 5. The first-order chi connectivity index (χ1) is 12.9. The van der Waals surface area contributed by atoms with E-state index in [4.69, 9.17) is 4.98 Å². The number of piperidine rings is 1. The number of para-hydroxylation sites is 1. The van der Waals surface area contributed by atoms with Gasteiger partial charge in [0.2, 0.25) is 0 Å². The average molecular weight is 409 g/mol. The quantitative estimate of drug-likeness (QED) is 0.780. The molecule has 2 fully saturated rings. The van der Waals surface area contributed by atoms with E-state index in [0.29, 0.717) is 32.1 Å². The highest BCUT2D eigenvalue weighted by molar-refractivity contribution is 7.86. The molecule has 8 heteroatoms. The number of benzene rings is 1. The first-order valence-electron chi connectivity index (χ1n) is 9.80. The molecule has 0 spiro atoms. The summed E-state index contributed by atoms with van der Waals surface area (Å²) in [7, 11) is -3.32. The van der Waals surface area contributed by atoms with Crippen LogP contribution in [0.25, 0.3) is 10.2 Å². The van der Waals surface area contributed by atoms with Gasteiger partial charge in [-0.25, -0.2) is 4.98 Å². The van der Waals surface area contributed by atoms with Crippen molar-refractivity contribution in [3.05, 3.63) is 29.3 Å². The molecular formula is C19H28N4O2S2. The van der Waals surface area contributed by atoms with Gasteiger partial charge >= 0.3 is 0 Å². The molecule has 1 aromatic carbocycles. The van der Waals surface area contributed by atoms with Crippen molar-refractivity contribution in [1.29, 1.82) is 0 Å². The van der Waals surface area contributed by atoms with Crippen LogP contribution in [0.5, 0.6) is 0 Å². The van der Waals surface area contributed by atoms with Gasteiger partial charge in [0.05, 0.1) is 16.3 Å². The third-order valence-electron chi connectivity index (χ3n) is 5.88. The van der Waals surface area contributed by atoms with E-state index >= 15 is 0 Å².